The number of rotatable bonds is 3. The number of esters is 1. The first-order chi connectivity index (χ1) is 9.51. The van der Waals surface area contributed by atoms with Gasteiger partial charge in [-0.05, 0) is 50.1 Å². The third-order valence-electron chi connectivity index (χ3n) is 3.45. The van der Waals surface area contributed by atoms with Gasteiger partial charge in [0, 0.05) is 18.1 Å². The van der Waals surface area contributed by atoms with Crippen LogP contribution in [0.4, 0.5) is 0 Å². The van der Waals surface area contributed by atoms with Crippen LogP contribution < -0.4 is 4.74 Å². The number of ether oxygens (including phenoxy) is 2. The summed E-state index contributed by atoms with van der Waals surface area (Å²) in [5.41, 5.74) is 3.06. The summed E-state index contributed by atoms with van der Waals surface area (Å²) in [7, 11) is 0. The van der Waals surface area contributed by atoms with Crippen LogP contribution in [0.15, 0.2) is 24.3 Å². The Morgan fingerprint density at radius 2 is 2.15 bits per heavy atom. The Kier molecular flexibility index (Phi) is 4.45. The number of aliphatic hydroxyl groups is 1. The lowest BCUT2D eigenvalue weighted by atomic mass is 9.95. The van der Waals surface area contributed by atoms with Crippen molar-refractivity contribution in [3.63, 3.8) is 0 Å². The highest BCUT2D eigenvalue weighted by atomic mass is 16.5. The van der Waals surface area contributed by atoms with Gasteiger partial charge in [-0.15, -0.1) is 0 Å². The summed E-state index contributed by atoms with van der Waals surface area (Å²) in [6.45, 7) is 6.12. The number of fused-ring (bicyclic) bond motifs is 1. The normalized spacial score (nSPS) is 21.4. The van der Waals surface area contributed by atoms with Gasteiger partial charge in [0.1, 0.15) is 11.9 Å². The molecule has 0 aliphatic carbocycles. The van der Waals surface area contributed by atoms with Crippen molar-refractivity contribution in [3.8, 4) is 5.75 Å². The van der Waals surface area contributed by atoms with Crippen LogP contribution in [0.5, 0.6) is 5.75 Å². The Bertz CT molecular complexity index is 534. The number of hydrogen-bond acceptors (Lipinski definition) is 4. The zero-order valence-electron chi connectivity index (χ0n) is 12.1. The highest BCUT2D eigenvalue weighted by molar-refractivity contribution is 5.81. The van der Waals surface area contributed by atoms with E-state index in [1.807, 2.05) is 26.0 Å². The van der Waals surface area contributed by atoms with Crippen molar-refractivity contribution < 1.29 is 19.4 Å². The average Bonchev–Trinajstić information content (AvgIpc) is 2.39. The summed E-state index contributed by atoms with van der Waals surface area (Å²) in [6.07, 6.45) is 2.54. The molecule has 1 aliphatic heterocycles. The molecular formula is C16H20O4. The zero-order chi connectivity index (χ0) is 14.7. The van der Waals surface area contributed by atoms with Gasteiger partial charge in [-0.3, -0.25) is 0 Å². The molecule has 0 bridgehead atoms. The number of aliphatic hydroxyl groups excluding tert-OH is 1. The summed E-state index contributed by atoms with van der Waals surface area (Å²) < 4.78 is 10.6. The van der Waals surface area contributed by atoms with Crippen LogP contribution in [0.1, 0.15) is 36.1 Å². The van der Waals surface area contributed by atoms with E-state index in [9.17, 15) is 9.90 Å². The fraction of sp³-hybridized carbons (Fsp3) is 0.438. The smallest absolute Gasteiger partial charge is 0.330 e. The van der Waals surface area contributed by atoms with Gasteiger partial charge in [0.05, 0.1) is 12.7 Å². The first-order valence-corrected chi connectivity index (χ1v) is 6.82. The molecule has 108 valence electrons. The van der Waals surface area contributed by atoms with Gasteiger partial charge < -0.3 is 14.6 Å². The van der Waals surface area contributed by atoms with Gasteiger partial charge >= 0.3 is 5.97 Å². The van der Waals surface area contributed by atoms with Crippen LogP contribution in [0.25, 0.3) is 0 Å². The van der Waals surface area contributed by atoms with E-state index in [4.69, 9.17) is 9.47 Å². The van der Waals surface area contributed by atoms with E-state index in [2.05, 4.69) is 0 Å². The maximum Gasteiger partial charge on any atom is 0.330 e. The van der Waals surface area contributed by atoms with E-state index < -0.39 is 12.1 Å². The minimum atomic E-state index is -0.574. The number of benzene rings is 1. The molecule has 0 saturated heterocycles. The summed E-state index contributed by atoms with van der Waals surface area (Å²) in [4.78, 5) is 11.3. The summed E-state index contributed by atoms with van der Waals surface area (Å²) in [5, 5.41) is 10.2. The van der Waals surface area contributed by atoms with Crippen molar-refractivity contribution in [2.24, 2.45) is 0 Å². The standard InChI is InChI=1S/C16H20O4/c1-4-19-16(18)6-5-12-9-14(17)13-7-10(2)11(3)8-15(13)20-12/h5-8,12,14,17H,4,9H2,1-3H3/b6-5+. The fourth-order valence-corrected chi connectivity index (χ4v) is 2.23. The maximum absolute atomic E-state index is 11.3. The minimum absolute atomic E-state index is 0.316. The van der Waals surface area contributed by atoms with Gasteiger partial charge in [-0.25, -0.2) is 4.79 Å². The number of carbonyl (C=O) groups is 1. The molecule has 0 fully saturated rings. The van der Waals surface area contributed by atoms with Crippen LogP contribution in [-0.4, -0.2) is 23.8 Å². The van der Waals surface area contributed by atoms with E-state index in [1.165, 1.54) is 6.08 Å². The first kappa shape index (κ1) is 14.6. The topological polar surface area (TPSA) is 55.8 Å². The molecule has 1 aromatic carbocycles. The zero-order valence-corrected chi connectivity index (χ0v) is 12.1. The Labute approximate surface area is 119 Å². The third kappa shape index (κ3) is 3.20. The molecule has 2 unspecified atom stereocenters. The van der Waals surface area contributed by atoms with Crippen LogP contribution >= 0.6 is 0 Å². The quantitative estimate of drug-likeness (QED) is 0.681. The molecule has 4 nitrogen and oxygen atoms in total. The molecule has 0 radical (unpaired) electrons. The molecule has 1 heterocycles. The third-order valence-corrected chi connectivity index (χ3v) is 3.45. The second kappa shape index (κ2) is 6.09. The van der Waals surface area contributed by atoms with Crippen molar-refractivity contribution in [1.82, 2.24) is 0 Å². The molecule has 2 rings (SSSR count). The number of hydrogen-bond donors (Lipinski definition) is 1. The van der Waals surface area contributed by atoms with E-state index in [1.54, 1.807) is 13.0 Å². The van der Waals surface area contributed by atoms with Gasteiger partial charge in [-0.1, -0.05) is 0 Å². The monoisotopic (exact) mass is 276 g/mol. The molecular weight excluding hydrogens is 256 g/mol. The molecule has 4 heteroatoms. The summed E-state index contributed by atoms with van der Waals surface area (Å²) in [6, 6.07) is 3.89. The first-order valence-electron chi connectivity index (χ1n) is 6.82. The Morgan fingerprint density at radius 3 is 2.85 bits per heavy atom. The van der Waals surface area contributed by atoms with Crippen molar-refractivity contribution in [3.05, 3.63) is 41.0 Å². The van der Waals surface area contributed by atoms with E-state index in [0.29, 0.717) is 18.8 Å². The SMILES string of the molecule is CCOC(=O)/C=C/C1CC(O)c2cc(C)c(C)cc2O1. The van der Waals surface area contributed by atoms with Crippen LogP contribution in [0.3, 0.4) is 0 Å². The Hall–Kier alpha value is -1.81. The lowest BCUT2D eigenvalue weighted by molar-refractivity contribution is -0.137. The van der Waals surface area contributed by atoms with Crippen molar-refractivity contribution in [1.29, 1.82) is 0 Å². The van der Waals surface area contributed by atoms with Crippen LogP contribution in [0, 0.1) is 13.8 Å². The molecule has 1 aromatic rings. The van der Waals surface area contributed by atoms with Crippen LogP contribution in [0.2, 0.25) is 0 Å². The summed E-state index contributed by atoms with van der Waals surface area (Å²) in [5.74, 6) is 0.293. The van der Waals surface area contributed by atoms with E-state index >= 15 is 0 Å². The maximum atomic E-state index is 11.3. The molecule has 0 aromatic heterocycles. The second-order valence-electron chi connectivity index (χ2n) is 4.99. The number of carbonyl (C=O) groups excluding carboxylic acids is 1. The van der Waals surface area contributed by atoms with E-state index in [0.717, 1.165) is 16.7 Å². The fourth-order valence-electron chi connectivity index (χ4n) is 2.23. The highest BCUT2D eigenvalue weighted by Crippen LogP contribution is 2.36. The predicted molar refractivity (Wildman–Crippen MR) is 75.7 cm³/mol. The van der Waals surface area contributed by atoms with Crippen LogP contribution in [-0.2, 0) is 9.53 Å². The lowest BCUT2D eigenvalue weighted by Crippen LogP contribution is -2.24. The van der Waals surface area contributed by atoms with Crippen molar-refractivity contribution >= 4 is 5.97 Å². The van der Waals surface area contributed by atoms with Gasteiger partial charge in [0.25, 0.3) is 0 Å². The lowest BCUT2D eigenvalue weighted by Gasteiger charge is -2.28. The Balaban J connectivity index is 2.15. The van der Waals surface area contributed by atoms with Crippen molar-refractivity contribution in [2.75, 3.05) is 6.61 Å². The molecule has 20 heavy (non-hydrogen) atoms. The average molecular weight is 276 g/mol. The highest BCUT2D eigenvalue weighted by Gasteiger charge is 2.26. The largest absolute Gasteiger partial charge is 0.486 e. The molecule has 2 atom stereocenters. The second-order valence-corrected chi connectivity index (χ2v) is 4.99. The molecule has 0 amide bonds. The molecule has 0 saturated carbocycles. The van der Waals surface area contributed by atoms with Gasteiger partial charge in [0.15, 0.2) is 0 Å². The summed E-state index contributed by atoms with van der Waals surface area (Å²) >= 11 is 0. The number of aryl methyl sites for hydroxylation is 2. The molecule has 1 aliphatic rings. The minimum Gasteiger partial charge on any atom is -0.486 e. The van der Waals surface area contributed by atoms with Gasteiger partial charge in [-0.2, -0.15) is 0 Å². The van der Waals surface area contributed by atoms with E-state index in [-0.39, 0.29) is 6.10 Å². The van der Waals surface area contributed by atoms with Crippen molar-refractivity contribution in [2.45, 2.75) is 39.4 Å². The van der Waals surface area contributed by atoms with Gasteiger partial charge in [0.2, 0.25) is 0 Å². The Morgan fingerprint density at radius 1 is 1.45 bits per heavy atom. The molecule has 1 N–H and O–H groups in total. The predicted octanol–water partition coefficient (Wildman–Crippen LogP) is 2.61. The molecule has 0 spiro atoms.